The van der Waals surface area contributed by atoms with Gasteiger partial charge in [0.05, 0.1) is 17.7 Å². The van der Waals surface area contributed by atoms with Crippen LogP contribution in [0.2, 0.25) is 0 Å². The van der Waals surface area contributed by atoms with Crippen molar-refractivity contribution in [3.63, 3.8) is 0 Å². The van der Waals surface area contributed by atoms with Crippen LogP contribution < -0.4 is 15.5 Å². The second-order valence-electron chi connectivity index (χ2n) is 5.88. The number of nitrogens with zero attached hydrogens (tertiary/aromatic N) is 1. The number of hydrogen-bond acceptors (Lipinski definition) is 5. The molecule has 0 aliphatic carbocycles. The highest BCUT2D eigenvalue weighted by Crippen LogP contribution is 2.16. The third-order valence-corrected chi connectivity index (χ3v) is 4.83. The van der Waals surface area contributed by atoms with Crippen molar-refractivity contribution in [1.29, 1.82) is 0 Å². The number of benzene rings is 2. The largest absolute Gasteiger partial charge is 0.497 e. The van der Waals surface area contributed by atoms with Gasteiger partial charge in [0, 0.05) is 11.3 Å². The number of hydrogen-bond donors (Lipinski definition) is 2. The Morgan fingerprint density at radius 3 is 2.43 bits per heavy atom. The minimum absolute atomic E-state index is 0.158. The molecule has 6 nitrogen and oxygen atoms in total. The number of thiophene rings is 1. The highest BCUT2D eigenvalue weighted by Gasteiger charge is 2.08. The number of hydrazone groups is 1. The topological polar surface area (TPSA) is 79.8 Å². The molecule has 0 aliphatic heterocycles. The molecular weight excluding hydrogens is 374 g/mol. The molecule has 0 atom stereocenters. The Morgan fingerprint density at radius 2 is 1.75 bits per heavy atom. The van der Waals surface area contributed by atoms with Gasteiger partial charge in [0.15, 0.2) is 0 Å². The lowest BCUT2D eigenvalue weighted by molar-refractivity contribution is 0.0954. The fourth-order valence-corrected chi connectivity index (χ4v) is 3.05. The van der Waals surface area contributed by atoms with E-state index in [-0.39, 0.29) is 11.8 Å². The third kappa shape index (κ3) is 4.83. The zero-order chi connectivity index (χ0) is 19.9. The van der Waals surface area contributed by atoms with E-state index in [9.17, 15) is 9.59 Å². The molecule has 0 saturated heterocycles. The molecule has 142 valence electrons. The van der Waals surface area contributed by atoms with E-state index < -0.39 is 0 Å². The van der Waals surface area contributed by atoms with Gasteiger partial charge in [0.2, 0.25) is 0 Å². The van der Waals surface area contributed by atoms with Crippen LogP contribution in [0.4, 0.5) is 5.69 Å². The number of carbonyl (C=O) groups is 2. The number of nitrogens with one attached hydrogen (secondary N) is 2. The molecule has 28 heavy (non-hydrogen) atoms. The van der Waals surface area contributed by atoms with Gasteiger partial charge in [-0.15, -0.1) is 11.3 Å². The van der Waals surface area contributed by atoms with Crippen LogP contribution in [0.5, 0.6) is 5.75 Å². The molecule has 7 heteroatoms. The minimum Gasteiger partial charge on any atom is -0.497 e. The predicted octanol–water partition coefficient (Wildman–Crippen LogP) is 4.16. The lowest BCUT2D eigenvalue weighted by Crippen LogP contribution is -2.19. The number of rotatable bonds is 6. The van der Waals surface area contributed by atoms with Crippen molar-refractivity contribution >= 4 is 34.6 Å². The van der Waals surface area contributed by atoms with Crippen LogP contribution in [0.15, 0.2) is 71.1 Å². The third-order valence-electron chi connectivity index (χ3n) is 3.96. The Bertz CT molecular complexity index is 996. The summed E-state index contributed by atoms with van der Waals surface area (Å²) in [6.45, 7) is 1.79. The molecule has 2 aromatic carbocycles. The predicted molar refractivity (Wildman–Crippen MR) is 111 cm³/mol. The summed E-state index contributed by atoms with van der Waals surface area (Å²) in [6.07, 6.45) is 0. The molecular formula is C21H19N3O3S. The van der Waals surface area contributed by atoms with E-state index in [0.29, 0.717) is 27.6 Å². The van der Waals surface area contributed by atoms with Gasteiger partial charge < -0.3 is 10.1 Å². The lowest BCUT2D eigenvalue weighted by Gasteiger charge is -2.07. The van der Waals surface area contributed by atoms with Crippen molar-refractivity contribution in [2.24, 2.45) is 5.10 Å². The maximum absolute atomic E-state index is 12.2. The highest BCUT2D eigenvalue weighted by molar-refractivity contribution is 7.12. The maximum atomic E-state index is 12.2. The maximum Gasteiger partial charge on any atom is 0.271 e. The molecule has 0 bridgehead atoms. The first-order valence-electron chi connectivity index (χ1n) is 8.51. The van der Waals surface area contributed by atoms with Crippen LogP contribution in [0.25, 0.3) is 0 Å². The van der Waals surface area contributed by atoms with E-state index in [1.807, 2.05) is 29.6 Å². The summed E-state index contributed by atoms with van der Waals surface area (Å²) in [6, 6.07) is 17.7. The summed E-state index contributed by atoms with van der Waals surface area (Å²) in [4.78, 5) is 25.0. The van der Waals surface area contributed by atoms with E-state index >= 15 is 0 Å². The van der Waals surface area contributed by atoms with Gasteiger partial charge >= 0.3 is 0 Å². The molecule has 1 heterocycles. The quantitative estimate of drug-likeness (QED) is 0.487. The van der Waals surface area contributed by atoms with Crippen LogP contribution in [0, 0.1) is 0 Å². The molecule has 0 unspecified atom stereocenters. The molecule has 0 radical (unpaired) electrons. The van der Waals surface area contributed by atoms with Crippen LogP contribution in [-0.4, -0.2) is 24.6 Å². The highest BCUT2D eigenvalue weighted by atomic mass is 32.1. The molecule has 0 saturated carbocycles. The van der Waals surface area contributed by atoms with Crippen molar-refractivity contribution in [3.8, 4) is 5.75 Å². The van der Waals surface area contributed by atoms with Gasteiger partial charge in [0.1, 0.15) is 5.75 Å². The van der Waals surface area contributed by atoms with E-state index in [2.05, 4.69) is 15.8 Å². The lowest BCUT2D eigenvalue weighted by atomic mass is 10.1. The molecule has 0 fully saturated rings. The normalized spacial score (nSPS) is 11.0. The Hall–Kier alpha value is -3.45. The van der Waals surface area contributed by atoms with E-state index in [0.717, 1.165) is 5.56 Å². The molecule has 0 aliphatic rings. The van der Waals surface area contributed by atoms with Gasteiger partial charge in [-0.1, -0.05) is 18.2 Å². The SMILES string of the molecule is COc1ccc(C(=O)N/N=C(\C)c2cccc(NC(=O)c3cccs3)c2)cc1. The average molecular weight is 393 g/mol. The molecule has 3 aromatic rings. The molecule has 2 N–H and O–H groups in total. The Balaban J connectivity index is 1.66. The van der Waals surface area contributed by atoms with Gasteiger partial charge in [-0.2, -0.15) is 5.10 Å². The second-order valence-corrected chi connectivity index (χ2v) is 6.83. The summed E-state index contributed by atoms with van der Waals surface area (Å²) in [5.74, 6) is 0.205. The summed E-state index contributed by atoms with van der Waals surface area (Å²) in [5.41, 5.74) is 5.09. The Morgan fingerprint density at radius 1 is 0.964 bits per heavy atom. The molecule has 1 aromatic heterocycles. The number of carbonyl (C=O) groups excluding carboxylic acids is 2. The van der Waals surface area contributed by atoms with E-state index in [1.54, 1.807) is 50.4 Å². The second kappa shape index (κ2) is 8.96. The number of anilines is 1. The zero-order valence-electron chi connectivity index (χ0n) is 15.4. The van der Waals surface area contributed by atoms with Gasteiger partial charge in [-0.25, -0.2) is 5.43 Å². The van der Waals surface area contributed by atoms with Crippen LogP contribution in [0.3, 0.4) is 0 Å². The van der Waals surface area contributed by atoms with Crippen molar-refractivity contribution in [2.45, 2.75) is 6.92 Å². The smallest absolute Gasteiger partial charge is 0.271 e. The van der Waals surface area contributed by atoms with Crippen LogP contribution in [0.1, 0.15) is 32.5 Å². The molecule has 3 rings (SSSR count). The number of ether oxygens (including phenoxy) is 1. The van der Waals surface area contributed by atoms with Crippen LogP contribution in [-0.2, 0) is 0 Å². The number of amides is 2. The molecule has 2 amide bonds. The van der Waals surface area contributed by atoms with Crippen molar-refractivity contribution in [1.82, 2.24) is 5.43 Å². The zero-order valence-corrected chi connectivity index (χ0v) is 16.2. The van der Waals surface area contributed by atoms with Gasteiger partial charge in [-0.05, 0) is 60.3 Å². The average Bonchev–Trinajstić information content (AvgIpc) is 3.27. The fourth-order valence-electron chi connectivity index (χ4n) is 2.43. The van der Waals surface area contributed by atoms with E-state index in [4.69, 9.17) is 4.74 Å². The van der Waals surface area contributed by atoms with Crippen molar-refractivity contribution in [3.05, 3.63) is 82.0 Å². The first kappa shape index (κ1) is 19.3. The standard InChI is InChI=1S/C21H19N3O3S/c1-14(23-24-20(25)15-8-10-18(27-2)11-9-15)16-5-3-6-17(13-16)22-21(26)19-7-4-12-28-19/h3-13H,1-2H3,(H,22,26)(H,24,25)/b23-14+. The summed E-state index contributed by atoms with van der Waals surface area (Å²) in [5, 5.41) is 8.87. The first-order chi connectivity index (χ1) is 13.6. The van der Waals surface area contributed by atoms with Crippen molar-refractivity contribution in [2.75, 3.05) is 12.4 Å². The van der Waals surface area contributed by atoms with Gasteiger partial charge in [0.25, 0.3) is 11.8 Å². The summed E-state index contributed by atoms with van der Waals surface area (Å²) >= 11 is 1.38. The van der Waals surface area contributed by atoms with Crippen molar-refractivity contribution < 1.29 is 14.3 Å². The van der Waals surface area contributed by atoms with Crippen LogP contribution >= 0.6 is 11.3 Å². The van der Waals surface area contributed by atoms with Gasteiger partial charge in [-0.3, -0.25) is 9.59 Å². The number of methoxy groups -OCH3 is 1. The molecule has 0 spiro atoms. The summed E-state index contributed by atoms with van der Waals surface area (Å²) in [7, 11) is 1.57. The monoisotopic (exact) mass is 393 g/mol. The Kier molecular flexibility index (Phi) is 6.18. The minimum atomic E-state index is -0.316. The first-order valence-corrected chi connectivity index (χ1v) is 9.39. The summed E-state index contributed by atoms with van der Waals surface area (Å²) < 4.78 is 5.08. The Labute approximate surface area is 166 Å². The van der Waals surface area contributed by atoms with E-state index in [1.165, 1.54) is 11.3 Å². The fraction of sp³-hybridized carbons (Fsp3) is 0.0952.